The topological polar surface area (TPSA) is 91.7 Å². The molecule has 1 amide bonds. The van der Waals surface area contributed by atoms with Crippen LogP contribution in [0.2, 0.25) is 0 Å². The minimum absolute atomic E-state index is 0.0511. The van der Waals surface area contributed by atoms with Crippen LogP contribution in [0.1, 0.15) is 33.3 Å². The molecule has 2 heterocycles. The normalized spacial score (nSPS) is 12.8. The number of rotatable bonds is 5. The first-order chi connectivity index (χ1) is 15.8. The maximum Gasteiger partial charge on any atom is 0.434 e. The third-order valence-corrected chi connectivity index (χ3v) is 4.71. The van der Waals surface area contributed by atoms with Crippen LogP contribution in [-0.2, 0) is 10.9 Å². The van der Waals surface area contributed by atoms with E-state index in [1.807, 2.05) is 0 Å². The van der Waals surface area contributed by atoms with E-state index in [2.05, 4.69) is 10.4 Å². The Kier molecular flexibility index (Phi) is 5.95. The first kappa shape index (κ1) is 22.2. The van der Waals surface area contributed by atoms with E-state index in [0.717, 1.165) is 6.20 Å². The Labute approximate surface area is 185 Å². The van der Waals surface area contributed by atoms with Gasteiger partial charge in [-0.05, 0) is 49.4 Å². The smallest absolute Gasteiger partial charge is 0.434 e. The number of aromatic nitrogens is 2. The van der Waals surface area contributed by atoms with E-state index in [4.69, 9.17) is 14.2 Å². The van der Waals surface area contributed by atoms with Crippen LogP contribution < -0.4 is 14.8 Å². The van der Waals surface area contributed by atoms with Gasteiger partial charge in [-0.2, -0.15) is 18.3 Å². The standard InChI is InChI=1S/C22H18F3N3O5/c1-2-31-21(30)16-12-26-28(19(16)22(23,24)25)15-6-4-14(5-7-15)27-20(29)13-3-8-17-18(11-13)33-10-9-32-17/h3-8,11-12H,2,9-10H2,1H3,(H,27,29). The monoisotopic (exact) mass is 461 g/mol. The maximum atomic E-state index is 13.6. The van der Waals surface area contributed by atoms with Crippen LogP contribution in [0.5, 0.6) is 11.5 Å². The summed E-state index contributed by atoms with van der Waals surface area (Å²) in [6.45, 7) is 2.23. The quantitative estimate of drug-likeness (QED) is 0.576. The second-order valence-electron chi connectivity index (χ2n) is 6.90. The Balaban J connectivity index is 1.55. The van der Waals surface area contributed by atoms with Crippen molar-refractivity contribution in [1.29, 1.82) is 0 Å². The van der Waals surface area contributed by atoms with Crippen molar-refractivity contribution in [3.63, 3.8) is 0 Å². The zero-order valence-corrected chi connectivity index (χ0v) is 17.3. The first-order valence-electron chi connectivity index (χ1n) is 9.91. The fourth-order valence-electron chi connectivity index (χ4n) is 3.25. The van der Waals surface area contributed by atoms with Gasteiger partial charge in [0, 0.05) is 11.3 Å². The summed E-state index contributed by atoms with van der Waals surface area (Å²) < 4.78 is 57.1. The van der Waals surface area contributed by atoms with Crippen LogP contribution in [0, 0.1) is 0 Å². The molecule has 33 heavy (non-hydrogen) atoms. The number of esters is 1. The minimum atomic E-state index is -4.84. The lowest BCUT2D eigenvalue weighted by Crippen LogP contribution is -2.18. The van der Waals surface area contributed by atoms with Crippen molar-refractivity contribution in [3.8, 4) is 17.2 Å². The number of nitrogens with one attached hydrogen (secondary N) is 1. The summed E-state index contributed by atoms with van der Waals surface area (Å²) in [4.78, 5) is 24.5. The molecule has 11 heteroatoms. The molecular formula is C22H18F3N3O5. The van der Waals surface area contributed by atoms with E-state index >= 15 is 0 Å². The molecule has 4 rings (SSSR count). The van der Waals surface area contributed by atoms with Crippen molar-refractivity contribution in [3.05, 3.63) is 65.5 Å². The first-order valence-corrected chi connectivity index (χ1v) is 9.91. The average molecular weight is 461 g/mol. The summed E-state index contributed by atoms with van der Waals surface area (Å²) in [6.07, 6.45) is -4.03. The van der Waals surface area contributed by atoms with Gasteiger partial charge >= 0.3 is 12.1 Å². The predicted molar refractivity (Wildman–Crippen MR) is 110 cm³/mol. The van der Waals surface area contributed by atoms with E-state index in [1.54, 1.807) is 18.2 Å². The Morgan fingerprint density at radius 1 is 1.09 bits per heavy atom. The molecule has 1 aromatic heterocycles. The van der Waals surface area contributed by atoms with Gasteiger partial charge in [-0.1, -0.05) is 0 Å². The number of ether oxygens (including phenoxy) is 3. The van der Waals surface area contributed by atoms with Crippen molar-refractivity contribution in [1.82, 2.24) is 9.78 Å². The lowest BCUT2D eigenvalue weighted by molar-refractivity contribution is -0.143. The van der Waals surface area contributed by atoms with Crippen LogP contribution in [0.4, 0.5) is 18.9 Å². The number of anilines is 1. The number of benzene rings is 2. The van der Waals surface area contributed by atoms with Gasteiger partial charge < -0.3 is 19.5 Å². The van der Waals surface area contributed by atoms with Crippen LogP contribution in [0.25, 0.3) is 5.69 Å². The van der Waals surface area contributed by atoms with E-state index in [9.17, 15) is 22.8 Å². The summed E-state index contributed by atoms with van der Waals surface area (Å²) in [5, 5.41) is 6.39. The van der Waals surface area contributed by atoms with Crippen LogP contribution in [0.3, 0.4) is 0 Å². The molecule has 8 nitrogen and oxygen atoms in total. The van der Waals surface area contributed by atoms with Gasteiger partial charge in [0.15, 0.2) is 17.2 Å². The van der Waals surface area contributed by atoms with E-state index in [0.29, 0.717) is 40.6 Å². The molecule has 2 aromatic carbocycles. The number of nitrogens with zero attached hydrogens (tertiary/aromatic N) is 2. The minimum Gasteiger partial charge on any atom is -0.486 e. The molecule has 172 valence electrons. The Hall–Kier alpha value is -4.02. The van der Waals surface area contributed by atoms with E-state index in [1.165, 1.54) is 31.2 Å². The largest absolute Gasteiger partial charge is 0.486 e. The number of halogens is 3. The maximum absolute atomic E-state index is 13.6. The van der Waals surface area contributed by atoms with E-state index in [-0.39, 0.29) is 12.3 Å². The molecule has 0 radical (unpaired) electrons. The fraction of sp³-hybridized carbons (Fsp3) is 0.227. The molecule has 0 aliphatic carbocycles. The molecular weight excluding hydrogens is 443 g/mol. The number of hydrogen-bond acceptors (Lipinski definition) is 6. The summed E-state index contributed by atoms with van der Waals surface area (Å²) in [6, 6.07) is 10.3. The zero-order valence-electron chi connectivity index (χ0n) is 17.3. The number of fused-ring (bicyclic) bond motifs is 1. The highest BCUT2D eigenvalue weighted by atomic mass is 19.4. The van der Waals surface area contributed by atoms with Crippen molar-refractivity contribution in [2.24, 2.45) is 0 Å². The molecule has 0 spiro atoms. The number of alkyl halides is 3. The summed E-state index contributed by atoms with van der Waals surface area (Å²) in [7, 11) is 0. The van der Waals surface area contributed by atoms with E-state index < -0.39 is 29.3 Å². The van der Waals surface area contributed by atoms with Gasteiger partial charge in [-0.15, -0.1) is 0 Å². The molecule has 1 aliphatic heterocycles. The molecule has 0 fully saturated rings. The number of carbonyl (C=O) groups is 2. The third-order valence-electron chi connectivity index (χ3n) is 4.71. The van der Waals surface area contributed by atoms with Crippen molar-refractivity contribution < 1.29 is 37.0 Å². The Morgan fingerprint density at radius 3 is 2.45 bits per heavy atom. The summed E-state index contributed by atoms with van der Waals surface area (Å²) >= 11 is 0. The molecule has 0 bridgehead atoms. The van der Waals surface area contributed by atoms with Gasteiger partial charge in [0.25, 0.3) is 5.91 Å². The van der Waals surface area contributed by atoms with Gasteiger partial charge in [-0.25, -0.2) is 9.48 Å². The van der Waals surface area contributed by atoms with Gasteiger partial charge in [0.05, 0.1) is 18.5 Å². The highest BCUT2D eigenvalue weighted by Crippen LogP contribution is 2.34. The Bertz CT molecular complexity index is 1190. The third kappa shape index (κ3) is 4.61. The molecule has 0 saturated carbocycles. The second kappa shape index (κ2) is 8.85. The molecule has 3 aromatic rings. The number of carbonyl (C=O) groups excluding carboxylic acids is 2. The van der Waals surface area contributed by atoms with Crippen LogP contribution in [-0.4, -0.2) is 41.5 Å². The van der Waals surface area contributed by atoms with Gasteiger partial charge in [-0.3, -0.25) is 4.79 Å². The number of hydrogen-bond donors (Lipinski definition) is 1. The molecule has 1 aliphatic rings. The molecule has 0 unspecified atom stereocenters. The zero-order chi connectivity index (χ0) is 23.6. The summed E-state index contributed by atoms with van der Waals surface area (Å²) in [5.41, 5.74) is -1.19. The Morgan fingerprint density at radius 2 is 1.79 bits per heavy atom. The SMILES string of the molecule is CCOC(=O)c1cnn(-c2ccc(NC(=O)c3ccc4c(c3)OCCO4)cc2)c1C(F)(F)F. The van der Waals surface area contributed by atoms with Crippen molar-refractivity contribution in [2.45, 2.75) is 13.1 Å². The highest BCUT2D eigenvalue weighted by molar-refractivity contribution is 6.04. The van der Waals surface area contributed by atoms with Gasteiger partial charge in [0.2, 0.25) is 0 Å². The second-order valence-corrected chi connectivity index (χ2v) is 6.90. The van der Waals surface area contributed by atoms with Gasteiger partial charge in [0.1, 0.15) is 18.8 Å². The lowest BCUT2D eigenvalue weighted by Gasteiger charge is -2.18. The lowest BCUT2D eigenvalue weighted by atomic mass is 10.1. The van der Waals surface area contributed by atoms with Crippen LogP contribution >= 0.6 is 0 Å². The molecule has 0 atom stereocenters. The highest BCUT2D eigenvalue weighted by Gasteiger charge is 2.41. The van der Waals surface area contributed by atoms with Crippen molar-refractivity contribution >= 4 is 17.6 Å². The average Bonchev–Trinajstić information content (AvgIpc) is 3.25. The molecule has 1 N–H and O–H groups in total. The van der Waals surface area contributed by atoms with Crippen LogP contribution in [0.15, 0.2) is 48.7 Å². The molecule has 0 saturated heterocycles. The predicted octanol–water partition coefficient (Wildman–Crippen LogP) is 4.09. The fourth-order valence-corrected chi connectivity index (χ4v) is 3.25. The number of amides is 1. The van der Waals surface area contributed by atoms with Crippen molar-refractivity contribution in [2.75, 3.05) is 25.1 Å². The summed E-state index contributed by atoms with van der Waals surface area (Å²) in [5.74, 6) is -0.539.